The predicted octanol–water partition coefficient (Wildman–Crippen LogP) is 2.24. The fourth-order valence-electron chi connectivity index (χ4n) is 4.73. The summed E-state index contributed by atoms with van der Waals surface area (Å²) in [7, 11) is 0. The van der Waals surface area contributed by atoms with Crippen LogP contribution in [0.5, 0.6) is 0 Å². The van der Waals surface area contributed by atoms with Crippen LogP contribution in [-0.2, 0) is 54.2 Å². The number of ether oxygens (including phenoxy) is 6. The summed E-state index contributed by atoms with van der Waals surface area (Å²) in [6, 6.07) is 9.17. The van der Waals surface area contributed by atoms with Crippen LogP contribution in [0.1, 0.15) is 39.2 Å². The molecule has 1 aromatic carbocycles. The first kappa shape index (κ1) is 32.5. The van der Waals surface area contributed by atoms with E-state index >= 15 is 0 Å². The second kappa shape index (κ2) is 14.7. The Morgan fingerprint density at radius 3 is 2.44 bits per heavy atom. The van der Waals surface area contributed by atoms with Crippen molar-refractivity contribution in [3.05, 3.63) is 60.7 Å². The van der Waals surface area contributed by atoms with Crippen LogP contribution in [0.2, 0.25) is 0 Å². The lowest BCUT2D eigenvalue weighted by Crippen LogP contribution is -2.52. The normalized spacial score (nSPS) is 27.9. The molecule has 0 aromatic heterocycles. The fourth-order valence-corrected chi connectivity index (χ4v) is 5.10. The van der Waals surface area contributed by atoms with E-state index in [0.717, 1.165) is 12.5 Å². The van der Waals surface area contributed by atoms with Gasteiger partial charge in [0.05, 0.1) is 18.8 Å². The summed E-state index contributed by atoms with van der Waals surface area (Å²) in [4.78, 5) is 46.8. The number of thiol groups is 1. The third-order valence-corrected chi connectivity index (χ3v) is 6.81. The Morgan fingerprint density at radius 1 is 1.12 bits per heavy atom. The van der Waals surface area contributed by atoms with Gasteiger partial charge in [-0.15, -0.1) is 19.2 Å². The SMILES string of the molecule is C=CC[C@@H]1C=CC(=O)[C@@H]([C@@H](OC(C)=O)[C@@H]2O[C@H](C[C@@](S)(COC(C)=O)OC(C)=O)[C@H](OCc3ccccc3)[C@H]2O)O1. The number of aliphatic hydroxyl groups excluding tert-OH is 1. The average molecular weight is 593 g/mol. The molecule has 0 amide bonds. The predicted molar refractivity (Wildman–Crippen MR) is 148 cm³/mol. The molecule has 1 fully saturated rings. The second-order valence-electron chi connectivity index (χ2n) is 9.87. The summed E-state index contributed by atoms with van der Waals surface area (Å²) >= 11 is 4.48. The Bertz CT molecular complexity index is 1120. The highest BCUT2D eigenvalue weighted by molar-refractivity contribution is 7.81. The molecule has 12 heteroatoms. The van der Waals surface area contributed by atoms with E-state index in [1.807, 2.05) is 30.3 Å². The molecule has 224 valence electrons. The largest absolute Gasteiger partial charge is 0.461 e. The molecule has 2 aliphatic heterocycles. The van der Waals surface area contributed by atoms with E-state index in [4.69, 9.17) is 28.4 Å². The van der Waals surface area contributed by atoms with Gasteiger partial charge in [-0.2, -0.15) is 0 Å². The molecule has 0 spiro atoms. The van der Waals surface area contributed by atoms with Crippen molar-refractivity contribution in [3.8, 4) is 0 Å². The highest BCUT2D eigenvalue weighted by Gasteiger charge is 2.54. The lowest BCUT2D eigenvalue weighted by molar-refractivity contribution is -0.184. The first-order chi connectivity index (χ1) is 19.4. The molecule has 11 nitrogen and oxygen atoms in total. The van der Waals surface area contributed by atoms with Gasteiger partial charge in [0, 0.05) is 27.2 Å². The number of carbonyl (C=O) groups is 4. The van der Waals surface area contributed by atoms with Gasteiger partial charge in [-0.1, -0.05) is 42.5 Å². The van der Waals surface area contributed by atoms with Gasteiger partial charge in [0.25, 0.3) is 0 Å². The minimum Gasteiger partial charge on any atom is -0.461 e. The number of hydrogen-bond acceptors (Lipinski definition) is 12. The Hall–Kier alpha value is -3.03. The van der Waals surface area contributed by atoms with Crippen LogP contribution in [0.25, 0.3) is 0 Å². The zero-order valence-electron chi connectivity index (χ0n) is 23.2. The molecular weight excluding hydrogens is 556 g/mol. The molecule has 1 aromatic rings. The average Bonchev–Trinajstić information content (AvgIpc) is 3.20. The van der Waals surface area contributed by atoms with Crippen molar-refractivity contribution in [2.45, 2.75) is 87.9 Å². The zero-order valence-corrected chi connectivity index (χ0v) is 24.1. The molecule has 0 unspecified atom stereocenters. The van der Waals surface area contributed by atoms with E-state index in [1.165, 1.54) is 19.9 Å². The summed E-state index contributed by atoms with van der Waals surface area (Å²) in [5, 5.41) is 11.5. The van der Waals surface area contributed by atoms with E-state index in [0.29, 0.717) is 6.42 Å². The summed E-state index contributed by atoms with van der Waals surface area (Å²) < 4.78 is 34.2. The van der Waals surface area contributed by atoms with Gasteiger partial charge >= 0.3 is 17.9 Å². The van der Waals surface area contributed by atoms with Crippen molar-refractivity contribution in [1.29, 1.82) is 0 Å². The summed E-state index contributed by atoms with van der Waals surface area (Å²) in [5.41, 5.74) is 0.804. The van der Waals surface area contributed by atoms with Crippen LogP contribution in [0.15, 0.2) is 55.1 Å². The van der Waals surface area contributed by atoms with Crippen molar-refractivity contribution in [1.82, 2.24) is 0 Å². The quantitative estimate of drug-likeness (QED) is 0.114. The number of benzene rings is 1. The summed E-state index contributed by atoms with van der Waals surface area (Å²) in [6.45, 7) is 6.88. The van der Waals surface area contributed by atoms with Crippen LogP contribution in [0.3, 0.4) is 0 Å². The topological polar surface area (TPSA) is 144 Å². The van der Waals surface area contributed by atoms with Crippen molar-refractivity contribution in [3.63, 3.8) is 0 Å². The standard InChI is InChI=1S/C29H36O11S/c1-5-9-21-12-13-22(33)25(38-21)28(37-18(3)31)27-24(34)26(35-15-20-10-7-6-8-11-20)23(39-27)14-29(41,40-19(4)32)16-36-17(2)30/h5-8,10-13,21,23-28,34,41H,1,9,14-16H2,2-4H3/t21-,23-,24-,25+,26+,27-,28-,29-/m1/s1. The molecule has 1 N–H and O–H groups in total. The molecule has 0 saturated carbocycles. The molecule has 8 atom stereocenters. The van der Waals surface area contributed by atoms with Crippen LogP contribution >= 0.6 is 12.6 Å². The number of carbonyl (C=O) groups excluding carboxylic acids is 4. The maximum Gasteiger partial charge on any atom is 0.304 e. The number of ketones is 1. The number of esters is 3. The monoisotopic (exact) mass is 592 g/mol. The van der Waals surface area contributed by atoms with E-state index in [1.54, 1.807) is 12.2 Å². The van der Waals surface area contributed by atoms with Gasteiger partial charge < -0.3 is 33.5 Å². The molecule has 1 saturated heterocycles. The van der Waals surface area contributed by atoms with Gasteiger partial charge in [-0.05, 0) is 18.1 Å². The Morgan fingerprint density at radius 2 is 1.83 bits per heavy atom. The summed E-state index contributed by atoms with van der Waals surface area (Å²) in [5.74, 6) is -2.51. The highest BCUT2D eigenvalue weighted by atomic mass is 32.1. The third kappa shape index (κ3) is 9.23. The van der Waals surface area contributed by atoms with E-state index < -0.39 is 78.0 Å². The highest BCUT2D eigenvalue weighted by Crippen LogP contribution is 2.37. The smallest absolute Gasteiger partial charge is 0.304 e. The number of hydrogen-bond donors (Lipinski definition) is 2. The van der Waals surface area contributed by atoms with Gasteiger partial charge in [-0.3, -0.25) is 19.2 Å². The second-order valence-corrected chi connectivity index (χ2v) is 10.7. The van der Waals surface area contributed by atoms with Crippen molar-refractivity contribution < 1.29 is 52.7 Å². The molecule has 0 bridgehead atoms. The van der Waals surface area contributed by atoms with Gasteiger partial charge in [0.2, 0.25) is 0 Å². The minimum atomic E-state index is -1.66. The van der Waals surface area contributed by atoms with E-state index in [-0.39, 0.29) is 13.0 Å². The zero-order chi connectivity index (χ0) is 30.2. The lowest BCUT2D eigenvalue weighted by Gasteiger charge is -2.34. The van der Waals surface area contributed by atoms with Gasteiger partial charge in [0.1, 0.15) is 24.9 Å². The third-order valence-electron chi connectivity index (χ3n) is 6.41. The van der Waals surface area contributed by atoms with Crippen LogP contribution < -0.4 is 0 Å². The summed E-state index contributed by atoms with van der Waals surface area (Å²) in [6.07, 6.45) is -3.17. The van der Waals surface area contributed by atoms with E-state index in [2.05, 4.69) is 19.2 Å². The van der Waals surface area contributed by atoms with E-state index in [9.17, 15) is 24.3 Å². The maximum atomic E-state index is 12.9. The van der Waals surface area contributed by atoms with Crippen LogP contribution in [-0.4, -0.2) is 83.1 Å². The Kier molecular flexibility index (Phi) is 11.7. The molecule has 2 heterocycles. The fraction of sp³-hybridized carbons (Fsp3) is 0.517. The van der Waals surface area contributed by atoms with Gasteiger partial charge in [0.15, 0.2) is 22.9 Å². The van der Waals surface area contributed by atoms with Crippen LogP contribution in [0, 0.1) is 0 Å². The molecular formula is C29H36O11S. The molecule has 41 heavy (non-hydrogen) atoms. The maximum absolute atomic E-state index is 12.9. The molecule has 0 radical (unpaired) electrons. The molecule has 0 aliphatic carbocycles. The van der Waals surface area contributed by atoms with Gasteiger partial charge in [-0.25, -0.2) is 0 Å². The van der Waals surface area contributed by atoms with Crippen LogP contribution in [0.4, 0.5) is 0 Å². The Balaban J connectivity index is 1.94. The molecule has 2 aliphatic rings. The first-order valence-electron chi connectivity index (χ1n) is 13.1. The van der Waals surface area contributed by atoms with Crippen molar-refractivity contribution >= 4 is 36.3 Å². The number of rotatable bonds is 13. The number of aliphatic hydroxyl groups is 1. The first-order valence-corrected chi connectivity index (χ1v) is 13.6. The Labute approximate surface area is 244 Å². The lowest BCUT2D eigenvalue weighted by atomic mass is 9.94. The van der Waals surface area contributed by atoms with Crippen molar-refractivity contribution in [2.24, 2.45) is 0 Å². The van der Waals surface area contributed by atoms with Crippen molar-refractivity contribution in [2.75, 3.05) is 6.61 Å². The minimum absolute atomic E-state index is 0.0769. The molecule has 3 rings (SSSR count).